The third kappa shape index (κ3) is 5.74. The molecule has 0 heterocycles. The van der Waals surface area contributed by atoms with Gasteiger partial charge in [-0.3, -0.25) is 4.79 Å². The van der Waals surface area contributed by atoms with Gasteiger partial charge in [-0.1, -0.05) is 13.8 Å². The molecule has 0 fully saturated rings. The van der Waals surface area contributed by atoms with Gasteiger partial charge in [0, 0.05) is 13.2 Å². The number of hydrogen-bond donors (Lipinski definition) is 3. The van der Waals surface area contributed by atoms with Crippen molar-refractivity contribution in [2.45, 2.75) is 39.7 Å². The summed E-state index contributed by atoms with van der Waals surface area (Å²) in [5.41, 5.74) is -0.520. The minimum absolute atomic E-state index is 0.00846. The summed E-state index contributed by atoms with van der Waals surface area (Å²) < 4.78 is 0. The monoisotopic (exact) mass is 216 g/mol. The van der Waals surface area contributed by atoms with E-state index in [9.17, 15) is 4.79 Å². The van der Waals surface area contributed by atoms with Gasteiger partial charge in [-0.15, -0.1) is 0 Å². The molecule has 1 unspecified atom stereocenters. The molecule has 1 atom stereocenters. The molecule has 3 N–H and O–H groups in total. The van der Waals surface area contributed by atoms with E-state index in [1.807, 2.05) is 27.7 Å². The zero-order chi connectivity index (χ0) is 11.9. The van der Waals surface area contributed by atoms with Crippen LogP contribution >= 0.6 is 0 Å². The standard InChI is InChI=1S/C11H24N2O2/c1-5-13-11(3,4)10(15)12-8-9(2)6-7-14/h9,13-14H,5-8H2,1-4H3,(H,12,15). The number of carbonyl (C=O) groups is 1. The van der Waals surface area contributed by atoms with Crippen molar-refractivity contribution in [2.24, 2.45) is 5.92 Å². The summed E-state index contributed by atoms with van der Waals surface area (Å²) in [5.74, 6) is 0.325. The topological polar surface area (TPSA) is 61.4 Å². The molecule has 4 nitrogen and oxygen atoms in total. The van der Waals surface area contributed by atoms with Gasteiger partial charge >= 0.3 is 0 Å². The zero-order valence-electron chi connectivity index (χ0n) is 10.3. The Labute approximate surface area is 92.4 Å². The number of rotatable bonds is 7. The molecule has 0 aromatic rings. The van der Waals surface area contributed by atoms with E-state index in [-0.39, 0.29) is 12.5 Å². The van der Waals surface area contributed by atoms with Crippen LogP contribution in [0, 0.1) is 5.92 Å². The largest absolute Gasteiger partial charge is 0.396 e. The second-order valence-corrected chi connectivity index (χ2v) is 4.48. The molecule has 0 saturated heterocycles. The molecule has 0 aliphatic carbocycles. The predicted molar refractivity (Wildman–Crippen MR) is 61.6 cm³/mol. The number of carbonyl (C=O) groups excluding carboxylic acids is 1. The van der Waals surface area contributed by atoms with Crippen LogP contribution in [0.4, 0.5) is 0 Å². The van der Waals surface area contributed by atoms with Crippen LogP contribution < -0.4 is 10.6 Å². The average molecular weight is 216 g/mol. The first-order chi connectivity index (χ1) is 6.94. The number of aliphatic hydroxyl groups is 1. The van der Waals surface area contributed by atoms with Crippen LogP contribution in [0.3, 0.4) is 0 Å². The summed E-state index contributed by atoms with van der Waals surface area (Å²) in [6, 6.07) is 0. The van der Waals surface area contributed by atoms with E-state index in [0.717, 1.165) is 13.0 Å². The molecule has 1 amide bonds. The zero-order valence-corrected chi connectivity index (χ0v) is 10.3. The molecule has 15 heavy (non-hydrogen) atoms. The van der Waals surface area contributed by atoms with Crippen molar-refractivity contribution < 1.29 is 9.90 Å². The number of likely N-dealkylation sites (N-methyl/N-ethyl adjacent to an activating group) is 1. The molecular formula is C11H24N2O2. The Bertz CT molecular complexity index is 193. The number of amides is 1. The van der Waals surface area contributed by atoms with Crippen LogP contribution in [0.1, 0.15) is 34.1 Å². The molecule has 0 spiro atoms. The summed E-state index contributed by atoms with van der Waals surface area (Å²) in [6.45, 7) is 9.28. The van der Waals surface area contributed by atoms with Crippen LogP contribution in [0.2, 0.25) is 0 Å². The molecule has 90 valence electrons. The van der Waals surface area contributed by atoms with Crippen molar-refractivity contribution in [1.82, 2.24) is 10.6 Å². The van der Waals surface area contributed by atoms with Crippen LogP contribution in [-0.4, -0.2) is 36.2 Å². The van der Waals surface area contributed by atoms with Gasteiger partial charge in [-0.05, 0) is 32.7 Å². The van der Waals surface area contributed by atoms with Crippen LogP contribution in [-0.2, 0) is 4.79 Å². The molecule has 0 radical (unpaired) electrons. The fourth-order valence-corrected chi connectivity index (χ4v) is 1.33. The lowest BCUT2D eigenvalue weighted by atomic mass is 10.0. The fraction of sp³-hybridized carbons (Fsp3) is 0.909. The van der Waals surface area contributed by atoms with E-state index in [0.29, 0.717) is 12.5 Å². The van der Waals surface area contributed by atoms with E-state index >= 15 is 0 Å². The summed E-state index contributed by atoms with van der Waals surface area (Å²) in [4.78, 5) is 11.7. The van der Waals surface area contributed by atoms with Crippen molar-refractivity contribution in [3.63, 3.8) is 0 Å². The van der Waals surface area contributed by atoms with Crippen molar-refractivity contribution in [1.29, 1.82) is 0 Å². The lowest BCUT2D eigenvalue weighted by molar-refractivity contribution is -0.126. The Balaban J connectivity index is 3.92. The highest BCUT2D eigenvalue weighted by molar-refractivity contribution is 5.85. The predicted octanol–water partition coefficient (Wildman–Crippen LogP) is 0.509. The van der Waals surface area contributed by atoms with Crippen LogP contribution in [0.25, 0.3) is 0 Å². The Morgan fingerprint density at radius 2 is 2.07 bits per heavy atom. The van der Waals surface area contributed by atoms with Gasteiger partial charge in [0.15, 0.2) is 0 Å². The SMILES string of the molecule is CCNC(C)(C)C(=O)NCC(C)CCO. The fourth-order valence-electron chi connectivity index (χ4n) is 1.33. The smallest absolute Gasteiger partial charge is 0.239 e. The number of hydrogen-bond acceptors (Lipinski definition) is 3. The normalized spacial score (nSPS) is 13.7. The van der Waals surface area contributed by atoms with Gasteiger partial charge in [-0.2, -0.15) is 0 Å². The minimum atomic E-state index is -0.520. The van der Waals surface area contributed by atoms with Gasteiger partial charge < -0.3 is 15.7 Å². The molecule has 4 heteroatoms. The van der Waals surface area contributed by atoms with E-state index in [1.165, 1.54) is 0 Å². The number of nitrogens with one attached hydrogen (secondary N) is 2. The lowest BCUT2D eigenvalue weighted by Gasteiger charge is -2.25. The van der Waals surface area contributed by atoms with Gasteiger partial charge in [-0.25, -0.2) is 0 Å². The van der Waals surface area contributed by atoms with Crippen LogP contribution in [0.5, 0.6) is 0 Å². The lowest BCUT2D eigenvalue weighted by Crippen LogP contribution is -2.53. The first-order valence-corrected chi connectivity index (χ1v) is 5.58. The summed E-state index contributed by atoms with van der Waals surface area (Å²) in [7, 11) is 0. The highest BCUT2D eigenvalue weighted by Gasteiger charge is 2.25. The highest BCUT2D eigenvalue weighted by atomic mass is 16.3. The summed E-state index contributed by atoms with van der Waals surface area (Å²) in [5, 5.41) is 14.7. The molecular weight excluding hydrogens is 192 g/mol. The van der Waals surface area contributed by atoms with E-state index in [1.54, 1.807) is 0 Å². The van der Waals surface area contributed by atoms with Crippen molar-refractivity contribution >= 4 is 5.91 Å². The molecule has 0 rings (SSSR count). The van der Waals surface area contributed by atoms with E-state index in [4.69, 9.17) is 5.11 Å². The quantitative estimate of drug-likeness (QED) is 0.581. The average Bonchev–Trinajstić information content (AvgIpc) is 2.14. The Kier molecular flexibility index (Phi) is 6.52. The van der Waals surface area contributed by atoms with E-state index in [2.05, 4.69) is 10.6 Å². The Morgan fingerprint density at radius 3 is 2.53 bits per heavy atom. The first kappa shape index (κ1) is 14.4. The summed E-state index contributed by atoms with van der Waals surface area (Å²) in [6.07, 6.45) is 0.724. The van der Waals surface area contributed by atoms with Gasteiger partial charge in [0.05, 0.1) is 5.54 Å². The second kappa shape index (κ2) is 6.80. The van der Waals surface area contributed by atoms with Crippen molar-refractivity contribution in [3.8, 4) is 0 Å². The summed E-state index contributed by atoms with van der Waals surface area (Å²) >= 11 is 0. The maximum Gasteiger partial charge on any atom is 0.239 e. The van der Waals surface area contributed by atoms with Gasteiger partial charge in [0.25, 0.3) is 0 Å². The van der Waals surface area contributed by atoms with Gasteiger partial charge in [0.2, 0.25) is 5.91 Å². The second-order valence-electron chi connectivity index (χ2n) is 4.48. The minimum Gasteiger partial charge on any atom is -0.396 e. The molecule has 0 aromatic carbocycles. The Hall–Kier alpha value is -0.610. The molecule has 0 saturated carbocycles. The van der Waals surface area contributed by atoms with Crippen molar-refractivity contribution in [2.75, 3.05) is 19.7 Å². The third-order valence-electron chi connectivity index (χ3n) is 2.42. The van der Waals surface area contributed by atoms with Crippen molar-refractivity contribution in [3.05, 3.63) is 0 Å². The third-order valence-corrected chi connectivity index (χ3v) is 2.42. The Morgan fingerprint density at radius 1 is 1.47 bits per heavy atom. The van der Waals surface area contributed by atoms with E-state index < -0.39 is 5.54 Å². The maximum absolute atomic E-state index is 11.7. The molecule has 0 bridgehead atoms. The number of aliphatic hydroxyl groups excluding tert-OH is 1. The first-order valence-electron chi connectivity index (χ1n) is 5.58. The maximum atomic E-state index is 11.7. The molecule has 0 aliphatic heterocycles. The van der Waals surface area contributed by atoms with Gasteiger partial charge in [0.1, 0.15) is 0 Å². The molecule has 0 aliphatic rings. The van der Waals surface area contributed by atoms with Crippen LogP contribution in [0.15, 0.2) is 0 Å². The highest BCUT2D eigenvalue weighted by Crippen LogP contribution is 2.03. The molecule has 0 aromatic heterocycles.